The van der Waals surface area contributed by atoms with E-state index in [1.165, 1.54) is 14.2 Å². The molecule has 1 atom stereocenters. The van der Waals surface area contributed by atoms with Crippen LogP contribution in [0.25, 0.3) is 0 Å². The number of rotatable bonds is 5. The highest BCUT2D eigenvalue weighted by molar-refractivity contribution is 5.68. The molecule has 5 nitrogen and oxygen atoms in total. The van der Waals surface area contributed by atoms with Gasteiger partial charge in [0.05, 0.1) is 20.6 Å². The van der Waals surface area contributed by atoms with Crippen molar-refractivity contribution in [1.29, 1.82) is 0 Å². The standard InChI is InChI=1S/C11H15NO4/c1-15-7-3-4-10(16-2)8(5-7)9(12)6-11(13)14/h3-5,9H,6,12H2,1-2H3,(H,13,14). The molecule has 3 N–H and O–H groups in total. The van der Waals surface area contributed by atoms with Crippen LogP contribution in [0.4, 0.5) is 0 Å². The zero-order chi connectivity index (χ0) is 12.1. The van der Waals surface area contributed by atoms with Crippen molar-refractivity contribution in [1.82, 2.24) is 0 Å². The molecule has 0 aliphatic rings. The maximum absolute atomic E-state index is 10.6. The van der Waals surface area contributed by atoms with Crippen molar-refractivity contribution in [3.05, 3.63) is 23.8 Å². The zero-order valence-corrected chi connectivity index (χ0v) is 9.27. The van der Waals surface area contributed by atoms with Gasteiger partial charge in [0.15, 0.2) is 0 Å². The quantitative estimate of drug-likeness (QED) is 0.786. The molecule has 0 fully saturated rings. The highest BCUT2D eigenvalue weighted by Crippen LogP contribution is 2.29. The maximum Gasteiger partial charge on any atom is 0.305 e. The lowest BCUT2D eigenvalue weighted by Gasteiger charge is -2.15. The van der Waals surface area contributed by atoms with Gasteiger partial charge in [0.2, 0.25) is 0 Å². The summed E-state index contributed by atoms with van der Waals surface area (Å²) in [5.74, 6) is 0.239. The lowest BCUT2D eigenvalue weighted by Crippen LogP contribution is -2.16. The summed E-state index contributed by atoms with van der Waals surface area (Å²) in [6.07, 6.45) is -0.149. The molecule has 0 saturated carbocycles. The minimum Gasteiger partial charge on any atom is -0.497 e. The Balaban J connectivity index is 3.02. The lowest BCUT2D eigenvalue weighted by molar-refractivity contribution is -0.137. The third-order valence-corrected chi connectivity index (χ3v) is 2.23. The molecule has 1 aromatic rings. The van der Waals surface area contributed by atoms with E-state index in [1.807, 2.05) is 0 Å². The number of hydrogen-bond donors (Lipinski definition) is 2. The number of hydrogen-bond acceptors (Lipinski definition) is 4. The number of ether oxygens (including phenoxy) is 2. The molecule has 0 amide bonds. The Hall–Kier alpha value is -1.75. The van der Waals surface area contributed by atoms with Gasteiger partial charge in [-0.25, -0.2) is 0 Å². The van der Waals surface area contributed by atoms with Crippen LogP contribution in [0.1, 0.15) is 18.0 Å². The smallest absolute Gasteiger partial charge is 0.305 e. The first-order chi connectivity index (χ1) is 7.58. The van der Waals surface area contributed by atoms with Gasteiger partial charge in [0, 0.05) is 11.6 Å². The molecule has 5 heteroatoms. The molecular formula is C11H15NO4. The van der Waals surface area contributed by atoms with E-state index in [1.54, 1.807) is 18.2 Å². The van der Waals surface area contributed by atoms with Crippen molar-refractivity contribution < 1.29 is 19.4 Å². The molecular weight excluding hydrogens is 210 g/mol. The molecule has 0 radical (unpaired) electrons. The van der Waals surface area contributed by atoms with E-state index in [2.05, 4.69) is 0 Å². The van der Waals surface area contributed by atoms with E-state index in [9.17, 15) is 4.79 Å². The predicted molar refractivity (Wildman–Crippen MR) is 58.7 cm³/mol. The van der Waals surface area contributed by atoms with E-state index >= 15 is 0 Å². The summed E-state index contributed by atoms with van der Waals surface area (Å²) in [5.41, 5.74) is 6.41. The van der Waals surface area contributed by atoms with Crippen LogP contribution in [0, 0.1) is 0 Å². The Kier molecular flexibility index (Phi) is 4.13. The first kappa shape index (κ1) is 12.3. The molecule has 0 heterocycles. The summed E-state index contributed by atoms with van der Waals surface area (Å²) in [4.78, 5) is 10.6. The summed E-state index contributed by atoms with van der Waals surface area (Å²) in [6.45, 7) is 0. The molecule has 1 aromatic carbocycles. The van der Waals surface area contributed by atoms with Gasteiger partial charge in [-0.3, -0.25) is 4.79 Å². The van der Waals surface area contributed by atoms with Gasteiger partial charge in [-0.1, -0.05) is 0 Å². The highest BCUT2D eigenvalue weighted by Gasteiger charge is 2.16. The summed E-state index contributed by atoms with van der Waals surface area (Å²) < 4.78 is 10.2. The number of carboxylic acid groups (broad SMARTS) is 1. The van der Waals surface area contributed by atoms with Crippen LogP contribution in [0.5, 0.6) is 11.5 Å². The second-order valence-corrected chi connectivity index (χ2v) is 3.31. The van der Waals surface area contributed by atoms with E-state index in [-0.39, 0.29) is 6.42 Å². The zero-order valence-electron chi connectivity index (χ0n) is 9.27. The number of methoxy groups -OCH3 is 2. The van der Waals surface area contributed by atoms with Crippen LogP contribution in [0.15, 0.2) is 18.2 Å². The topological polar surface area (TPSA) is 81.8 Å². The fraction of sp³-hybridized carbons (Fsp3) is 0.364. The maximum atomic E-state index is 10.6. The number of benzene rings is 1. The minimum absolute atomic E-state index is 0.149. The second-order valence-electron chi connectivity index (χ2n) is 3.31. The van der Waals surface area contributed by atoms with Crippen LogP contribution in [0.3, 0.4) is 0 Å². The van der Waals surface area contributed by atoms with E-state index in [0.29, 0.717) is 17.1 Å². The monoisotopic (exact) mass is 225 g/mol. The van der Waals surface area contributed by atoms with Crippen molar-refractivity contribution >= 4 is 5.97 Å². The number of nitrogens with two attached hydrogens (primary N) is 1. The van der Waals surface area contributed by atoms with Gasteiger partial charge >= 0.3 is 5.97 Å². The van der Waals surface area contributed by atoms with Gasteiger partial charge in [0.1, 0.15) is 11.5 Å². The van der Waals surface area contributed by atoms with Crippen LogP contribution >= 0.6 is 0 Å². The molecule has 0 aliphatic heterocycles. The van der Waals surface area contributed by atoms with Crippen LogP contribution in [-0.2, 0) is 4.79 Å². The van der Waals surface area contributed by atoms with Crippen LogP contribution < -0.4 is 15.2 Å². The van der Waals surface area contributed by atoms with Crippen molar-refractivity contribution in [3.8, 4) is 11.5 Å². The highest BCUT2D eigenvalue weighted by atomic mass is 16.5. The van der Waals surface area contributed by atoms with Gasteiger partial charge in [-0.2, -0.15) is 0 Å². The fourth-order valence-electron chi connectivity index (χ4n) is 1.43. The molecule has 16 heavy (non-hydrogen) atoms. The van der Waals surface area contributed by atoms with Gasteiger partial charge in [-0.05, 0) is 18.2 Å². The molecule has 1 rings (SSSR count). The molecule has 88 valence electrons. The first-order valence-electron chi connectivity index (χ1n) is 4.77. The molecule has 1 unspecified atom stereocenters. The van der Waals surface area contributed by atoms with E-state index in [4.69, 9.17) is 20.3 Å². The normalized spacial score (nSPS) is 11.9. The summed E-state index contributed by atoms with van der Waals surface area (Å²) in [7, 11) is 3.05. The Bertz CT molecular complexity index is 378. The fourth-order valence-corrected chi connectivity index (χ4v) is 1.43. The van der Waals surface area contributed by atoms with E-state index < -0.39 is 12.0 Å². The number of aliphatic carboxylic acids is 1. The molecule has 0 aromatic heterocycles. The molecule has 0 aliphatic carbocycles. The van der Waals surface area contributed by atoms with Gasteiger partial charge in [0.25, 0.3) is 0 Å². The SMILES string of the molecule is COc1ccc(OC)c(C(N)CC(=O)O)c1. The molecule has 0 saturated heterocycles. The average Bonchev–Trinajstić information content (AvgIpc) is 2.27. The first-order valence-corrected chi connectivity index (χ1v) is 4.77. The predicted octanol–water partition coefficient (Wildman–Crippen LogP) is 1.18. The third-order valence-electron chi connectivity index (χ3n) is 2.23. The number of carbonyl (C=O) groups is 1. The van der Waals surface area contributed by atoms with Crippen LogP contribution in [0.2, 0.25) is 0 Å². The largest absolute Gasteiger partial charge is 0.497 e. The van der Waals surface area contributed by atoms with Crippen molar-refractivity contribution in [2.24, 2.45) is 5.73 Å². The summed E-state index contributed by atoms with van der Waals surface area (Å²) >= 11 is 0. The molecule has 0 spiro atoms. The summed E-state index contributed by atoms with van der Waals surface area (Å²) in [6, 6.07) is 4.51. The van der Waals surface area contributed by atoms with Gasteiger partial charge < -0.3 is 20.3 Å². The van der Waals surface area contributed by atoms with Crippen molar-refractivity contribution in [3.63, 3.8) is 0 Å². The Labute approximate surface area is 93.8 Å². The second kappa shape index (κ2) is 5.37. The lowest BCUT2D eigenvalue weighted by atomic mass is 10.0. The summed E-state index contributed by atoms with van der Waals surface area (Å²) in [5, 5.41) is 8.68. The Morgan fingerprint density at radius 1 is 1.44 bits per heavy atom. The average molecular weight is 225 g/mol. The Morgan fingerprint density at radius 3 is 2.62 bits per heavy atom. The van der Waals surface area contributed by atoms with Gasteiger partial charge in [-0.15, -0.1) is 0 Å². The Morgan fingerprint density at radius 2 is 2.12 bits per heavy atom. The minimum atomic E-state index is -0.947. The van der Waals surface area contributed by atoms with Crippen molar-refractivity contribution in [2.45, 2.75) is 12.5 Å². The van der Waals surface area contributed by atoms with E-state index in [0.717, 1.165) is 0 Å². The molecule has 0 bridgehead atoms. The third kappa shape index (κ3) is 2.87. The van der Waals surface area contributed by atoms with Crippen molar-refractivity contribution in [2.75, 3.05) is 14.2 Å². The van der Waals surface area contributed by atoms with Crippen LogP contribution in [-0.4, -0.2) is 25.3 Å². The number of carboxylic acids is 1.